The number of furan rings is 1. The van der Waals surface area contributed by atoms with Crippen LogP contribution in [0.1, 0.15) is 30.8 Å². The van der Waals surface area contributed by atoms with Crippen molar-refractivity contribution in [1.29, 1.82) is 0 Å². The maximum absolute atomic E-state index is 12.8. The van der Waals surface area contributed by atoms with E-state index < -0.39 is 16.1 Å². The van der Waals surface area contributed by atoms with E-state index in [9.17, 15) is 4.79 Å². The first-order chi connectivity index (χ1) is 10.5. The standard InChI is InChI=1S/C19H34O2Si2/c1-8-15-9-10-18(21-15)19-16(13-23(5,6)7)14(11-17(19)20)12-22(2,3)4/h9-10,14,16,19H,8,11-13H2,1-7H3/t14-,16+,19-/m0/s1. The molecule has 0 aromatic carbocycles. The second-order valence-corrected chi connectivity index (χ2v) is 20.8. The highest BCUT2D eigenvalue weighted by molar-refractivity contribution is 6.76. The van der Waals surface area contributed by atoms with Gasteiger partial charge in [-0.25, -0.2) is 0 Å². The van der Waals surface area contributed by atoms with Gasteiger partial charge in [0.15, 0.2) is 0 Å². The Morgan fingerprint density at radius 3 is 2.13 bits per heavy atom. The third kappa shape index (κ3) is 4.93. The molecule has 1 fully saturated rings. The quantitative estimate of drug-likeness (QED) is 0.606. The van der Waals surface area contributed by atoms with Gasteiger partial charge in [0.1, 0.15) is 17.3 Å². The third-order valence-electron chi connectivity index (χ3n) is 4.90. The van der Waals surface area contributed by atoms with Crippen LogP contribution in [0.25, 0.3) is 0 Å². The van der Waals surface area contributed by atoms with E-state index >= 15 is 0 Å². The molecule has 0 spiro atoms. The van der Waals surface area contributed by atoms with Crippen LogP contribution >= 0.6 is 0 Å². The molecule has 2 nitrogen and oxygen atoms in total. The molecule has 23 heavy (non-hydrogen) atoms. The summed E-state index contributed by atoms with van der Waals surface area (Å²) in [4.78, 5) is 12.8. The van der Waals surface area contributed by atoms with Crippen LogP contribution in [0.5, 0.6) is 0 Å². The highest BCUT2D eigenvalue weighted by atomic mass is 28.3. The minimum atomic E-state index is -1.22. The van der Waals surface area contributed by atoms with Gasteiger partial charge in [0.25, 0.3) is 0 Å². The average Bonchev–Trinajstić information content (AvgIpc) is 2.91. The van der Waals surface area contributed by atoms with Crippen LogP contribution in [0.4, 0.5) is 0 Å². The summed E-state index contributed by atoms with van der Waals surface area (Å²) >= 11 is 0. The summed E-state index contributed by atoms with van der Waals surface area (Å²) in [5, 5.41) is 0. The van der Waals surface area contributed by atoms with Crippen molar-refractivity contribution in [1.82, 2.24) is 0 Å². The minimum absolute atomic E-state index is 0.0170. The molecule has 4 heteroatoms. The van der Waals surface area contributed by atoms with Gasteiger partial charge in [-0.15, -0.1) is 0 Å². The molecule has 1 aromatic rings. The first-order valence-electron chi connectivity index (χ1n) is 9.11. The van der Waals surface area contributed by atoms with Crippen LogP contribution in [0.3, 0.4) is 0 Å². The van der Waals surface area contributed by atoms with Gasteiger partial charge in [-0.3, -0.25) is 4.79 Å². The van der Waals surface area contributed by atoms with Crippen molar-refractivity contribution in [2.75, 3.05) is 0 Å². The second-order valence-electron chi connectivity index (χ2n) is 9.76. The van der Waals surface area contributed by atoms with Gasteiger partial charge < -0.3 is 4.42 Å². The van der Waals surface area contributed by atoms with Gasteiger partial charge >= 0.3 is 0 Å². The molecule has 0 amide bonds. The van der Waals surface area contributed by atoms with E-state index in [1.165, 1.54) is 12.1 Å². The lowest BCUT2D eigenvalue weighted by Gasteiger charge is -2.31. The summed E-state index contributed by atoms with van der Waals surface area (Å²) in [6, 6.07) is 6.63. The Bertz CT molecular complexity index is 548. The Labute approximate surface area is 144 Å². The molecule has 1 aliphatic rings. The van der Waals surface area contributed by atoms with E-state index in [-0.39, 0.29) is 5.92 Å². The third-order valence-corrected chi connectivity index (χ3v) is 8.35. The fourth-order valence-corrected chi connectivity index (χ4v) is 8.17. The number of aryl methyl sites for hydroxylation is 1. The summed E-state index contributed by atoms with van der Waals surface area (Å²) in [6.07, 6.45) is 1.67. The van der Waals surface area contributed by atoms with Crippen molar-refractivity contribution in [3.63, 3.8) is 0 Å². The van der Waals surface area contributed by atoms with E-state index in [1.54, 1.807) is 0 Å². The molecule has 0 radical (unpaired) electrons. The summed E-state index contributed by atoms with van der Waals surface area (Å²) in [7, 11) is -2.39. The Hall–Kier alpha value is -0.616. The second kappa shape index (κ2) is 6.71. The Balaban J connectivity index is 2.32. The highest BCUT2D eigenvalue weighted by Crippen LogP contribution is 2.48. The molecular formula is C19H34O2Si2. The Morgan fingerprint density at radius 1 is 1.04 bits per heavy atom. The molecule has 0 bridgehead atoms. The maximum Gasteiger partial charge on any atom is 0.144 e. The molecular weight excluding hydrogens is 316 g/mol. The average molecular weight is 351 g/mol. The topological polar surface area (TPSA) is 30.2 Å². The summed E-state index contributed by atoms with van der Waals surface area (Å²) in [5.41, 5.74) is 0. The zero-order valence-corrected chi connectivity index (χ0v) is 18.0. The number of carbonyl (C=O) groups excluding carboxylic acids is 1. The molecule has 1 aliphatic carbocycles. The SMILES string of the molecule is CCc1ccc([C@@H]2C(=O)C[C@@H](C[Si](C)(C)C)[C@H]2C[Si](C)(C)C)o1. The minimum Gasteiger partial charge on any atom is -0.465 e. The number of hydrogen-bond donors (Lipinski definition) is 0. The number of carbonyl (C=O) groups is 1. The molecule has 0 saturated heterocycles. The molecule has 1 aromatic heterocycles. The largest absolute Gasteiger partial charge is 0.465 e. The first-order valence-corrected chi connectivity index (χ1v) is 16.5. The predicted octanol–water partition coefficient (Wildman–Crippen LogP) is 5.81. The molecule has 1 saturated carbocycles. The van der Waals surface area contributed by atoms with Gasteiger partial charge in [0, 0.05) is 29.0 Å². The first kappa shape index (κ1) is 18.7. The predicted molar refractivity (Wildman–Crippen MR) is 104 cm³/mol. The fraction of sp³-hybridized carbons (Fsp3) is 0.737. The molecule has 3 atom stereocenters. The number of rotatable bonds is 6. The number of ketones is 1. The smallest absolute Gasteiger partial charge is 0.144 e. The van der Waals surface area contributed by atoms with Crippen molar-refractivity contribution < 1.29 is 9.21 Å². The van der Waals surface area contributed by atoms with Gasteiger partial charge in [0.2, 0.25) is 0 Å². The summed E-state index contributed by atoms with van der Waals surface area (Å²) in [5.74, 6) is 3.45. The summed E-state index contributed by atoms with van der Waals surface area (Å²) < 4.78 is 6.02. The van der Waals surface area contributed by atoms with Gasteiger partial charge in [-0.05, 0) is 24.0 Å². The van der Waals surface area contributed by atoms with Crippen LogP contribution in [0.15, 0.2) is 16.5 Å². The van der Waals surface area contributed by atoms with Crippen LogP contribution in [-0.4, -0.2) is 21.9 Å². The Morgan fingerprint density at radius 2 is 1.65 bits per heavy atom. The van der Waals surface area contributed by atoms with E-state index in [1.807, 2.05) is 0 Å². The molecule has 0 aliphatic heterocycles. The van der Waals surface area contributed by atoms with E-state index in [0.29, 0.717) is 17.6 Å². The van der Waals surface area contributed by atoms with Crippen LogP contribution < -0.4 is 0 Å². The maximum atomic E-state index is 12.8. The monoisotopic (exact) mass is 350 g/mol. The van der Waals surface area contributed by atoms with Crippen molar-refractivity contribution >= 4 is 21.9 Å². The van der Waals surface area contributed by atoms with E-state index in [4.69, 9.17) is 4.42 Å². The molecule has 0 unspecified atom stereocenters. The van der Waals surface area contributed by atoms with Crippen molar-refractivity contribution in [2.45, 2.75) is 77.1 Å². The van der Waals surface area contributed by atoms with Gasteiger partial charge in [-0.2, -0.15) is 0 Å². The lowest BCUT2D eigenvalue weighted by Crippen LogP contribution is -2.32. The van der Waals surface area contributed by atoms with E-state index in [0.717, 1.165) is 24.4 Å². The molecule has 0 N–H and O–H groups in total. The zero-order valence-electron chi connectivity index (χ0n) is 16.0. The van der Waals surface area contributed by atoms with Crippen molar-refractivity contribution in [3.05, 3.63) is 23.7 Å². The van der Waals surface area contributed by atoms with Crippen LogP contribution in [0.2, 0.25) is 51.4 Å². The number of hydrogen-bond acceptors (Lipinski definition) is 2. The molecule has 2 rings (SSSR count). The van der Waals surface area contributed by atoms with E-state index in [2.05, 4.69) is 58.3 Å². The van der Waals surface area contributed by atoms with Crippen molar-refractivity contribution in [2.24, 2.45) is 11.8 Å². The highest BCUT2D eigenvalue weighted by Gasteiger charge is 2.47. The normalized spacial score (nSPS) is 26.0. The summed E-state index contributed by atoms with van der Waals surface area (Å²) in [6.45, 7) is 16.7. The van der Waals surface area contributed by atoms with Crippen molar-refractivity contribution in [3.8, 4) is 0 Å². The zero-order chi connectivity index (χ0) is 17.4. The number of Topliss-reactive ketones (excluding diaryl/α,β-unsaturated/α-hetero) is 1. The van der Waals surface area contributed by atoms with Gasteiger partial charge in [-0.1, -0.05) is 58.3 Å². The lowest BCUT2D eigenvalue weighted by molar-refractivity contribution is -0.119. The molecule has 130 valence electrons. The lowest BCUT2D eigenvalue weighted by atomic mass is 9.90. The Kier molecular flexibility index (Phi) is 5.46. The fourth-order valence-electron chi connectivity index (χ4n) is 4.17. The molecule has 1 heterocycles. The van der Waals surface area contributed by atoms with Crippen LogP contribution in [0, 0.1) is 11.8 Å². The van der Waals surface area contributed by atoms with Gasteiger partial charge in [0.05, 0.1) is 5.92 Å². The van der Waals surface area contributed by atoms with Crippen LogP contribution in [-0.2, 0) is 11.2 Å².